The summed E-state index contributed by atoms with van der Waals surface area (Å²) >= 11 is 12.4. The van der Waals surface area contributed by atoms with Crippen molar-refractivity contribution in [1.82, 2.24) is 14.3 Å². The van der Waals surface area contributed by atoms with Gasteiger partial charge in [-0.1, -0.05) is 23.2 Å². The number of fused-ring (bicyclic) bond motifs is 1. The summed E-state index contributed by atoms with van der Waals surface area (Å²) in [6, 6.07) is 5.12. The van der Waals surface area contributed by atoms with Gasteiger partial charge in [-0.05, 0) is 18.2 Å². The molecule has 4 rings (SSSR count). The molecule has 0 unspecified atom stereocenters. The van der Waals surface area contributed by atoms with E-state index in [-0.39, 0.29) is 42.4 Å². The van der Waals surface area contributed by atoms with Gasteiger partial charge in [0.1, 0.15) is 16.4 Å². The van der Waals surface area contributed by atoms with Gasteiger partial charge < -0.3 is 19.1 Å². The molecule has 32 heavy (non-hydrogen) atoms. The molecule has 13 heteroatoms. The van der Waals surface area contributed by atoms with Gasteiger partial charge in [0, 0.05) is 46.5 Å². The first-order valence-electron chi connectivity index (χ1n) is 9.24. The summed E-state index contributed by atoms with van der Waals surface area (Å²) in [5.41, 5.74) is 1.44. The van der Waals surface area contributed by atoms with Crippen molar-refractivity contribution in [2.45, 2.75) is 17.4 Å². The van der Waals surface area contributed by atoms with E-state index in [2.05, 4.69) is 4.98 Å². The number of morpholine rings is 1. The van der Waals surface area contributed by atoms with E-state index in [1.165, 1.54) is 4.90 Å². The maximum absolute atomic E-state index is 14.6. The molecule has 2 aromatic heterocycles. The first-order chi connectivity index (χ1) is 15.0. The van der Waals surface area contributed by atoms with Crippen molar-refractivity contribution in [3.63, 3.8) is 0 Å². The molecule has 8 nitrogen and oxygen atoms in total. The average Bonchev–Trinajstić information content (AvgIpc) is 3.05. The van der Waals surface area contributed by atoms with Crippen LogP contribution in [0.3, 0.4) is 0 Å². The second-order valence-electron chi connectivity index (χ2n) is 7.11. The number of aromatic nitrogens is 2. The van der Waals surface area contributed by atoms with Gasteiger partial charge >= 0.3 is 6.09 Å². The first-order valence-corrected chi connectivity index (χ1v) is 12.3. The summed E-state index contributed by atoms with van der Waals surface area (Å²) < 4.78 is 45.3. The van der Waals surface area contributed by atoms with Crippen LogP contribution >= 0.6 is 33.9 Å². The van der Waals surface area contributed by atoms with Crippen LogP contribution in [0, 0.1) is 5.82 Å². The van der Waals surface area contributed by atoms with E-state index in [9.17, 15) is 22.7 Å². The fourth-order valence-corrected chi connectivity index (χ4v) is 4.99. The van der Waals surface area contributed by atoms with Gasteiger partial charge in [-0.2, -0.15) is 0 Å². The summed E-state index contributed by atoms with van der Waals surface area (Å²) in [6.07, 6.45) is 0.366. The number of halogens is 4. The minimum Gasteiger partial charge on any atom is -0.465 e. The number of carboxylic acid groups (broad SMARTS) is 1. The molecule has 1 fully saturated rings. The highest BCUT2D eigenvalue weighted by Crippen LogP contribution is 2.36. The number of rotatable bonds is 4. The second kappa shape index (κ2) is 8.68. The van der Waals surface area contributed by atoms with Crippen molar-refractivity contribution in [3.8, 4) is 11.3 Å². The summed E-state index contributed by atoms with van der Waals surface area (Å²) in [5.74, 6) is -1.08. The van der Waals surface area contributed by atoms with Crippen molar-refractivity contribution in [1.29, 1.82) is 0 Å². The Morgan fingerprint density at radius 2 is 2.06 bits per heavy atom. The van der Waals surface area contributed by atoms with Crippen LogP contribution in [0.2, 0.25) is 10.0 Å². The molecule has 1 saturated heterocycles. The number of hydrogen-bond donors (Lipinski definition) is 1. The molecule has 1 N–H and O–H groups in total. The topological polar surface area (TPSA) is 101 Å². The monoisotopic (exact) mass is 521 g/mol. The SMILES string of the molecule is O=C(O)N1CCO[C@@H](Cc2c(-c3cc(F)c(S(=O)(=O)Cl)cc3Cl)nc3cc(Cl)ccn23)C1. The lowest BCUT2D eigenvalue weighted by molar-refractivity contribution is -0.0214. The Labute approximate surface area is 196 Å². The molecule has 1 amide bonds. The molecule has 0 bridgehead atoms. The number of amides is 1. The molecule has 0 spiro atoms. The van der Waals surface area contributed by atoms with Gasteiger partial charge in [0.25, 0.3) is 9.05 Å². The van der Waals surface area contributed by atoms with Gasteiger partial charge in [0.2, 0.25) is 0 Å². The van der Waals surface area contributed by atoms with Crippen molar-refractivity contribution < 1.29 is 27.4 Å². The van der Waals surface area contributed by atoms with Crippen LogP contribution in [0.25, 0.3) is 16.9 Å². The molecule has 0 aliphatic carbocycles. The van der Waals surface area contributed by atoms with Crippen LogP contribution in [0.1, 0.15) is 5.69 Å². The number of ether oxygens (including phenoxy) is 1. The number of carbonyl (C=O) groups is 1. The fourth-order valence-electron chi connectivity index (χ4n) is 3.61. The van der Waals surface area contributed by atoms with E-state index in [0.29, 0.717) is 16.4 Å². The third kappa shape index (κ3) is 4.51. The zero-order valence-corrected chi connectivity index (χ0v) is 19.2. The van der Waals surface area contributed by atoms with Crippen molar-refractivity contribution in [2.24, 2.45) is 0 Å². The quantitative estimate of drug-likeness (QED) is 0.513. The third-order valence-electron chi connectivity index (χ3n) is 5.06. The normalized spacial score (nSPS) is 17.1. The lowest BCUT2D eigenvalue weighted by Crippen LogP contribution is -2.45. The molecule has 3 heterocycles. The summed E-state index contributed by atoms with van der Waals surface area (Å²) in [7, 11) is 0.941. The van der Waals surface area contributed by atoms with E-state index >= 15 is 0 Å². The Bertz CT molecular complexity index is 1330. The van der Waals surface area contributed by atoms with Gasteiger partial charge in [-0.15, -0.1) is 0 Å². The minimum atomic E-state index is -4.34. The highest BCUT2D eigenvalue weighted by molar-refractivity contribution is 8.13. The van der Waals surface area contributed by atoms with E-state index in [0.717, 1.165) is 12.1 Å². The molecule has 170 valence electrons. The van der Waals surface area contributed by atoms with Crippen molar-refractivity contribution in [3.05, 3.63) is 52.0 Å². The molecule has 1 aliphatic heterocycles. The van der Waals surface area contributed by atoms with Crippen LogP contribution in [-0.4, -0.2) is 59.7 Å². The molecular formula is C19H15Cl3FN3O5S. The zero-order valence-electron chi connectivity index (χ0n) is 16.1. The molecule has 1 atom stereocenters. The second-order valence-corrected chi connectivity index (χ2v) is 10.5. The predicted octanol–water partition coefficient (Wildman–Crippen LogP) is 4.30. The Morgan fingerprint density at radius 3 is 2.75 bits per heavy atom. The summed E-state index contributed by atoms with van der Waals surface area (Å²) in [4.78, 5) is 16.4. The van der Waals surface area contributed by atoms with E-state index in [1.54, 1.807) is 22.7 Å². The van der Waals surface area contributed by atoms with Gasteiger partial charge in [0.05, 0.1) is 35.7 Å². The first kappa shape index (κ1) is 23.1. The summed E-state index contributed by atoms with van der Waals surface area (Å²) in [5, 5.41) is 9.65. The van der Waals surface area contributed by atoms with Crippen LogP contribution in [0.5, 0.6) is 0 Å². The number of nitrogens with zero attached hydrogens (tertiary/aromatic N) is 3. The Morgan fingerprint density at radius 1 is 1.31 bits per heavy atom. The minimum absolute atomic E-state index is 0.0712. The van der Waals surface area contributed by atoms with Crippen molar-refractivity contribution in [2.75, 3.05) is 19.7 Å². The average molecular weight is 523 g/mol. The Balaban J connectivity index is 1.84. The van der Waals surface area contributed by atoms with E-state index in [4.69, 9.17) is 38.6 Å². The molecule has 3 aromatic rings. The standard InChI is InChI=1S/C19H15Cl3FN3O5S/c20-10-1-2-26-15(6-11-9-25(19(27)28)3-4-31-11)18(24-17(26)5-10)12-7-14(23)16(8-13(12)21)32(22,29)30/h1-2,5,7-8,11H,3-4,6,9H2,(H,27,28)/t11-/m0/s1. The van der Waals surface area contributed by atoms with Gasteiger partial charge in [-0.25, -0.2) is 22.6 Å². The van der Waals surface area contributed by atoms with E-state index in [1.807, 2.05) is 0 Å². The highest BCUT2D eigenvalue weighted by Gasteiger charge is 2.28. The number of imidazole rings is 1. The molecule has 0 saturated carbocycles. The Hall–Kier alpha value is -2.11. The van der Waals surface area contributed by atoms with Crippen LogP contribution in [0.15, 0.2) is 35.4 Å². The van der Waals surface area contributed by atoms with Crippen LogP contribution < -0.4 is 0 Å². The molecule has 1 aromatic carbocycles. The maximum Gasteiger partial charge on any atom is 0.407 e. The predicted molar refractivity (Wildman–Crippen MR) is 117 cm³/mol. The van der Waals surface area contributed by atoms with E-state index < -0.39 is 32.0 Å². The van der Waals surface area contributed by atoms with Crippen LogP contribution in [0.4, 0.5) is 9.18 Å². The maximum atomic E-state index is 14.6. The molecule has 0 radical (unpaired) electrons. The molecule has 1 aliphatic rings. The fraction of sp³-hybridized carbons (Fsp3) is 0.263. The number of pyridine rings is 1. The van der Waals surface area contributed by atoms with Gasteiger partial charge in [0.15, 0.2) is 0 Å². The number of hydrogen-bond acceptors (Lipinski definition) is 5. The Kier molecular flexibility index (Phi) is 6.25. The third-order valence-corrected chi connectivity index (χ3v) is 6.94. The van der Waals surface area contributed by atoms with Crippen molar-refractivity contribution >= 4 is 54.7 Å². The molecular weight excluding hydrogens is 508 g/mol. The smallest absolute Gasteiger partial charge is 0.407 e. The zero-order chi connectivity index (χ0) is 23.2. The van der Waals surface area contributed by atoms with Crippen LogP contribution in [-0.2, 0) is 20.2 Å². The van der Waals surface area contributed by atoms with Gasteiger partial charge in [-0.3, -0.25) is 0 Å². The highest BCUT2D eigenvalue weighted by atomic mass is 35.7. The number of benzene rings is 1. The lowest BCUT2D eigenvalue weighted by atomic mass is 10.0. The lowest BCUT2D eigenvalue weighted by Gasteiger charge is -2.31. The summed E-state index contributed by atoms with van der Waals surface area (Å²) in [6.45, 7) is 0.625. The largest absolute Gasteiger partial charge is 0.465 e.